The van der Waals surface area contributed by atoms with Crippen molar-refractivity contribution in [3.63, 3.8) is 0 Å². The molecule has 0 radical (unpaired) electrons. The van der Waals surface area contributed by atoms with Gasteiger partial charge in [0.25, 0.3) is 5.91 Å². The van der Waals surface area contributed by atoms with Crippen molar-refractivity contribution in [3.8, 4) is 11.1 Å². The summed E-state index contributed by atoms with van der Waals surface area (Å²) in [6, 6.07) is 14.9. The zero-order valence-electron chi connectivity index (χ0n) is 18.6. The van der Waals surface area contributed by atoms with Crippen LogP contribution in [0.15, 0.2) is 48.5 Å². The van der Waals surface area contributed by atoms with Crippen LogP contribution in [-0.4, -0.2) is 79.1 Å². The molecule has 0 spiro atoms. The van der Waals surface area contributed by atoms with E-state index in [0.29, 0.717) is 0 Å². The van der Waals surface area contributed by atoms with E-state index in [9.17, 15) is 19.5 Å². The largest absolute Gasteiger partial charge is 0.480 e. The fourth-order valence-corrected chi connectivity index (χ4v) is 5.04. The Bertz CT molecular complexity index is 1070. The van der Waals surface area contributed by atoms with Crippen LogP contribution in [0.25, 0.3) is 11.1 Å². The standard InChI is InChI=1S/C25H26N2O7/c28-22(29)21-14-32-12-10-27(21)23(30)25(9-11-33-15-25)26-24(31)34-13-20-18-7-3-1-5-16(18)17-6-2-4-8-19(17)20/h1-8,20-21H,9-15H2,(H,26,31)(H,28,29). The number of carbonyl (C=O) groups is 3. The number of alkyl carbamates (subject to hydrolysis) is 1. The molecule has 34 heavy (non-hydrogen) atoms. The average molecular weight is 466 g/mol. The quantitative estimate of drug-likeness (QED) is 0.693. The van der Waals surface area contributed by atoms with Crippen LogP contribution in [0.5, 0.6) is 0 Å². The van der Waals surface area contributed by atoms with Crippen LogP contribution in [-0.2, 0) is 23.8 Å². The molecule has 2 N–H and O–H groups in total. The minimum absolute atomic E-state index is 0.0419. The molecule has 2 saturated heterocycles. The zero-order chi connectivity index (χ0) is 23.7. The summed E-state index contributed by atoms with van der Waals surface area (Å²) in [6.45, 7) is 0.613. The topological polar surface area (TPSA) is 114 Å². The number of nitrogens with zero attached hydrogens (tertiary/aromatic N) is 1. The zero-order valence-corrected chi connectivity index (χ0v) is 18.6. The van der Waals surface area contributed by atoms with E-state index in [-0.39, 0.29) is 51.9 Å². The lowest BCUT2D eigenvalue weighted by Crippen LogP contribution is -2.65. The van der Waals surface area contributed by atoms with Gasteiger partial charge in [-0.3, -0.25) is 4.79 Å². The van der Waals surface area contributed by atoms with E-state index in [1.807, 2.05) is 36.4 Å². The van der Waals surface area contributed by atoms with E-state index >= 15 is 0 Å². The second-order valence-corrected chi connectivity index (χ2v) is 8.76. The van der Waals surface area contributed by atoms with E-state index < -0.39 is 29.6 Å². The third kappa shape index (κ3) is 3.91. The summed E-state index contributed by atoms with van der Waals surface area (Å²) in [5, 5.41) is 12.2. The van der Waals surface area contributed by atoms with Gasteiger partial charge in [-0.05, 0) is 22.3 Å². The van der Waals surface area contributed by atoms with Crippen LogP contribution in [0.2, 0.25) is 0 Å². The van der Waals surface area contributed by atoms with E-state index in [0.717, 1.165) is 22.3 Å². The van der Waals surface area contributed by atoms with Crippen molar-refractivity contribution >= 4 is 18.0 Å². The van der Waals surface area contributed by atoms with E-state index in [1.54, 1.807) is 0 Å². The van der Waals surface area contributed by atoms with Crippen molar-refractivity contribution in [1.29, 1.82) is 0 Å². The predicted molar refractivity (Wildman–Crippen MR) is 120 cm³/mol. The second-order valence-electron chi connectivity index (χ2n) is 8.76. The van der Waals surface area contributed by atoms with Gasteiger partial charge in [0.2, 0.25) is 0 Å². The van der Waals surface area contributed by atoms with E-state index in [2.05, 4.69) is 17.4 Å². The Balaban J connectivity index is 1.30. The molecule has 0 bridgehead atoms. The average Bonchev–Trinajstić information content (AvgIpc) is 3.46. The van der Waals surface area contributed by atoms with Crippen LogP contribution in [0.4, 0.5) is 4.79 Å². The number of hydrogen-bond donors (Lipinski definition) is 2. The lowest BCUT2D eigenvalue weighted by atomic mass is 9.95. The van der Waals surface area contributed by atoms with Gasteiger partial charge in [0.1, 0.15) is 12.1 Å². The highest BCUT2D eigenvalue weighted by atomic mass is 16.6. The van der Waals surface area contributed by atoms with Crippen molar-refractivity contribution in [3.05, 3.63) is 59.7 Å². The van der Waals surface area contributed by atoms with Crippen LogP contribution < -0.4 is 5.32 Å². The Morgan fingerprint density at radius 3 is 2.32 bits per heavy atom. The van der Waals surface area contributed by atoms with Crippen LogP contribution in [0, 0.1) is 0 Å². The van der Waals surface area contributed by atoms with Gasteiger partial charge >= 0.3 is 12.1 Å². The molecule has 9 heteroatoms. The maximum absolute atomic E-state index is 13.4. The molecule has 2 fully saturated rings. The number of carboxylic acid groups (broad SMARTS) is 1. The Labute approximate surface area is 196 Å². The third-order valence-corrected chi connectivity index (χ3v) is 6.79. The first-order chi connectivity index (χ1) is 16.5. The Morgan fingerprint density at radius 1 is 1.03 bits per heavy atom. The maximum atomic E-state index is 13.4. The van der Waals surface area contributed by atoms with Crippen LogP contribution in [0.3, 0.4) is 0 Å². The van der Waals surface area contributed by atoms with Crippen molar-refractivity contribution in [2.75, 3.05) is 39.6 Å². The summed E-state index contributed by atoms with van der Waals surface area (Å²) in [5.74, 6) is -1.75. The highest BCUT2D eigenvalue weighted by Crippen LogP contribution is 2.44. The van der Waals surface area contributed by atoms with Crippen molar-refractivity contribution in [1.82, 2.24) is 10.2 Å². The van der Waals surface area contributed by atoms with Gasteiger partial charge in [-0.15, -0.1) is 0 Å². The first-order valence-electron chi connectivity index (χ1n) is 11.3. The summed E-state index contributed by atoms with van der Waals surface area (Å²) in [4.78, 5) is 39.2. The fraction of sp³-hybridized carbons (Fsp3) is 0.400. The lowest BCUT2D eigenvalue weighted by molar-refractivity contribution is -0.161. The van der Waals surface area contributed by atoms with Gasteiger partial charge in [0, 0.05) is 25.5 Å². The SMILES string of the molecule is O=C(NC1(C(=O)N2CCOCC2C(=O)O)CCOC1)OCC1c2ccccc2-c2ccccc21. The predicted octanol–water partition coefficient (Wildman–Crippen LogP) is 2.00. The number of nitrogens with one attached hydrogen (secondary N) is 1. The highest BCUT2D eigenvalue weighted by Gasteiger charge is 2.49. The molecular formula is C25H26N2O7. The maximum Gasteiger partial charge on any atom is 0.408 e. The number of amides is 2. The molecular weight excluding hydrogens is 440 g/mol. The molecule has 2 amide bonds. The van der Waals surface area contributed by atoms with E-state index in [4.69, 9.17) is 14.2 Å². The normalized spacial score (nSPS) is 23.8. The van der Waals surface area contributed by atoms with Gasteiger partial charge in [-0.2, -0.15) is 0 Å². The first kappa shape index (κ1) is 22.4. The molecule has 9 nitrogen and oxygen atoms in total. The Hall–Kier alpha value is -3.43. The number of fused-ring (bicyclic) bond motifs is 3. The molecule has 0 aromatic heterocycles. The molecule has 2 aliphatic heterocycles. The molecule has 2 aromatic rings. The van der Waals surface area contributed by atoms with Crippen molar-refractivity contribution in [2.45, 2.75) is 23.9 Å². The number of hydrogen-bond acceptors (Lipinski definition) is 6. The monoisotopic (exact) mass is 466 g/mol. The number of rotatable bonds is 5. The van der Waals surface area contributed by atoms with Crippen molar-refractivity contribution < 1.29 is 33.7 Å². The second kappa shape index (κ2) is 9.08. The molecule has 0 saturated carbocycles. The molecule has 3 aliphatic rings. The summed E-state index contributed by atoms with van der Waals surface area (Å²) >= 11 is 0. The minimum Gasteiger partial charge on any atom is -0.480 e. The summed E-state index contributed by atoms with van der Waals surface area (Å²) in [6.07, 6.45) is -0.499. The minimum atomic E-state index is -1.37. The summed E-state index contributed by atoms with van der Waals surface area (Å²) in [5.41, 5.74) is 3.05. The Morgan fingerprint density at radius 2 is 1.71 bits per heavy atom. The van der Waals surface area contributed by atoms with E-state index in [1.165, 1.54) is 4.90 Å². The van der Waals surface area contributed by atoms with Gasteiger partial charge in [-0.1, -0.05) is 48.5 Å². The third-order valence-electron chi connectivity index (χ3n) is 6.79. The van der Waals surface area contributed by atoms with Crippen LogP contribution >= 0.6 is 0 Å². The number of carbonyl (C=O) groups excluding carboxylic acids is 2. The molecule has 1 aliphatic carbocycles. The van der Waals surface area contributed by atoms with Gasteiger partial charge in [-0.25, -0.2) is 9.59 Å². The number of aliphatic carboxylic acids is 1. The smallest absolute Gasteiger partial charge is 0.408 e. The lowest BCUT2D eigenvalue weighted by Gasteiger charge is -2.38. The summed E-state index contributed by atoms with van der Waals surface area (Å²) < 4.78 is 16.3. The van der Waals surface area contributed by atoms with Gasteiger partial charge in [0.15, 0.2) is 6.04 Å². The van der Waals surface area contributed by atoms with Crippen LogP contribution in [0.1, 0.15) is 23.5 Å². The number of ether oxygens (including phenoxy) is 3. The molecule has 2 aromatic carbocycles. The number of carboxylic acids is 1. The molecule has 5 rings (SSSR count). The molecule has 2 unspecified atom stereocenters. The molecule has 178 valence electrons. The Kier molecular flexibility index (Phi) is 5.97. The molecule has 2 heterocycles. The summed E-state index contributed by atoms with van der Waals surface area (Å²) in [7, 11) is 0. The highest BCUT2D eigenvalue weighted by molar-refractivity contribution is 5.93. The van der Waals surface area contributed by atoms with Gasteiger partial charge in [0.05, 0.1) is 19.8 Å². The number of benzene rings is 2. The number of morpholine rings is 1. The first-order valence-corrected chi connectivity index (χ1v) is 11.3. The fourth-order valence-electron chi connectivity index (χ4n) is 5.04. The molecule has 2 atom stereocenters. The van der Waals surface area contributed by atoms with Crippen molar-refractivity contribution in [2.24, 2.45) is 0 Å². The van der Waals surface area contributed by atoms with Gasteiger partial charge < -0.3 is 29.5 Å².